The van der Waals surface area contributed by atoms with Crippen molar-refractivity contribution in [2.75, 3.05) is 16.8 Å². The van der Waals surface area contributed by atoms with Gasteiger partial charge in [-0.2, -0.15) is 0 Å². The second-order valence-corrected chi connectivity index (χ2v) is 8.91. The molecule has 0 bridgehead atoms. The number of benzene rings is 1. The first-order valence-electron chi connectivity index (χ1n) is 9.59. The van der Waals surface area contributed by atoms with Gasteiger partial charge in [-0.3, -0.25) is 14.7 Å². The number of hydrogen-bond acceptors (Lipinski definition) is 6. The van der Waals surface area contributed by atoms with Crippen molar-refractivity contribution in [2.45, 2.75) is 39.4 Å². The quantitative estimate of drug-likeness (QED) is 0.602. The highest BCUT2D eigenvalue weighted by atomic mass is 32.1. The monoisotopic (exact) mass is 427 g/mol. The van der Waals surface area contributed by atoms with E-state index in [1.807, 2.05) is 24.3 Å². The number of pyridine rings is 1. The van der Waals surface area contributed by atoms with E-state index >= 15 is 0 Å². The summed E-state index contributed by atoms with van der Waals surface area (Å²) in [5, 5.41) is 14.8. The minimum Gasteiger partial charge on any atom is -0.443 e. The number of rotatable bonds is 6. The number of aliphatic hydroxyl groups is 1. The highest BCUT2D eigenvalue weighted by Crippen LogP contribution is 2.28. The maximum atomic E-state index is 12.7. The summed E-state index contributed by atoms with van der Waals surface area (Å²) in [7, 11) is 0. The van der Waals surface area contributed by atoms with E-state index in [0.717, 1.165) is 15.6 Å². The summed E-state index contributed by atoms with van der Waals surface area (Å²) >= 11 is 1.29. The molecule has 2 amide bonds. The zero-order valence-corrected chi connectivity index (χ0v) is 18.0. The van der Waals surface area contributed by atoms with E-state index in [1.54, 1.807) is 45.3 Å². The predicted octanol–water partition coefficient (Wildman–Crippen LogP) is 4.56. The molecule has 0 fully saturated rings. The molecule has 8 heteroatoms. The van der Waals surface area contributed by atoms with Crippen LogP contribution >= 0.6 is 11.3 Å². The van der Waals surface area contributed by atoms with Gasteiger partial charge < -0.3 is 15.2 Å². The van der Waals surface area contributed by atoms with E-state index in [1.165, 1.54) is 16.2 Å². The number of anilines is 2. The van der Waals surface area contributed by atoms with Crippen LogP contribution in [0.3, 0.4) is 0 Å². The molecule has 0 aliphatic heterocycles. The van der Waals surface area contributed by atoms with E-state index in [4.69, 9.17) is 4.74 Å². The van der Waals surface area contributed by atoms with Crippen molar-refractivity contribution in [2.24, 2.45) is 0 Å². The molecule has 158 valence electrons. The summed E-state index contributed by atoms with van der Waals surface area (Å²) < 4.78 is 5.49. The van der Waals surface area contributed by atoms with E-state index in [9.17, 15) is 14.7 Å². The minimum atomic E-state index is -0.658. The molecule has 1 aromatic carbocycles. The lowest BCUT2D eigenvalue weighted by Crippen LogP contribution is -2.38. The Bertz CT molecular complexity index is 1040. The Hall–Kier alpha value is -2.97. The van der Waals surface area contributed by atoms with E-state index < -0.39 is 11.7 Å². The fraction of sp³-hybridized carbons (Fsp3) is 0.318. The number of ether oxygens (including phenoxy) is 1. The fourth-order valence-electron chi connectivity index (χ4n) is 2.80. The first-order valence-corrected chi connectivity index (χ1v) is 10.4. The minimum absolute atomic E-state index is 0.0972. The third-order valence-corrected chi connectivity index (χ3v) is 5.26. The fourth-order valence-corrected chi connectivity index (χ4v) is 3.68. The van der Waals surface area contributed by atoms with Gasteiger partial charge >= 0.3 is 6.09 Å². The van der Waals surface area contributed by atoms with Gasteiger partial charge in [0.15, 0.2) is 0 Å². The zero-order chi connectivity index (χ0) is 21.7. The number of carbonyl (C=O) groups excluding carboxylic acids is 2. The summed E-state index contributed by atoms with van der Waals surface area (Å²) in [5.74, 6) is -0.212. The van der Waals surface area contributed by atoms with Crippen LogP contribution in [0.4, 0.5) is 15.5 Å². The highest BCUT2D eigenvalue weighted by Gasteiger charge is 2.25. The maximum absolute atomic E-state index is 12.7. The molecule has 0 spiro atoms. The number of carbonyl (C=O) groups is 2. The van der Waals surface area contributed by atoms with Crippen LogP contribution in [0.2, 0.25) is 0 Å². The van der Waals surface area contributed by atoms with Gasteiger partial charge in [0.1, 0.15) is 10.6 Å². The Morgan fingerprint density at radius 2 is 1.97 bits per heavy atom. The molecule has 0 saturated heterocycles. The Labute approximate surface area is 179 Å². The van der Waals surface area contributed by atoms with Crippen molar-refractivity contribution < 1.29 is 19.4 Å². The first kappa shape index (κ1) is 21.7. The molecule has 2 aromatic heterocycles. The van der Waals surface area contributed by atoms with E-state index in [2.05, 4.69) is 10.3 Å². The molecule has 7 nitrogen and oxygen atoms in total. The zero-order valence-electron chi connectivity index (χ0n) is 17.2. The molecular formula is C22H25N3O4S. The molecule has 3 aromatic rings. The van der Waals surface area contributed by atoms with Gasteiger partial charge in [-0.25, -0.2) is 4.79 Å². The Balaban J connectivity index is 1.68. The number of fused-ring (bicyclic) bond motifs is 1. The Morgan fingerprint density at radius 3 is 2.67 bits per heavy atom. The average molecular weight is 428 g/mol. The van der Waals surface area contributed by atoms with Crippen LogP contribution in [0, 0.1) is 0 Å². The van der Waals surface area contributed by atoms with Crippen molar-refractivity contribution >= 4 is 44.8 Å². The van der Waals surface area contributed by atoms with Crippen LogP contribution in [0.5, 0.6) is 0 Å². The smallest absolute Gasteiger partial charge is 0.415 e. The molecule has 0 unspecified atom stereocenters. The number of thiophene rings is 1. The number of aromatic nitrogens is 1. The van der Waals surface area contributed by atoms with Gasteiger partial charge in [-0.1, -0.05) is 6.07 Å². The summed E-state index contributed by atoms with van der Waals surface area (Å²) in [6, 6.07) is 11.0. The van der Waals surface area contributed by atoms with Gasteiger partial charge in [0.2, 0.25) is 5.91 Å². The summed E-state index contributed by atoms with van der Waals surface area (Å²) in [6.45, 7) is 5.42. The van der Waals surface area contributed by atoms with E-state index in [0.29, 0.717) is 10.7 Å². The molecule has 0 aliphatic carbocycles. The molecule has 0 atom stereocenters. The highest BCUT2D eigenvalue weighted by molar-refractivity contribution is 7.16. The standard InChI is InChI=1S/C22H25N3O4S/c1-22(2,3)29-21(28)25(20-7-6-18(14-26)30-20)11-9-19(27)24-17-5-4-16-13-23-10-8-15(16)12-17/h4-8,10,12-13,26H,9,11,14H2,1-3H3,(H,24,27). The molecule has 0 aliphatic rings. The largest absolute Gasteiger partial charge is 0.443 e. The molecule has 2 N–H and O–H groups in total. The normalized spacial score (nSPS) is 11.3. The molecule has 3 rings (SSSR count). The number of amides is 2. The lowest BCUT2D eigenvalue weighted by atomic mass is 10.1. The van der Waals surface area contributed by atoms with Crippen LogP contribution in [-0.4, -0.2) is 34.2 Å². The van der Waals surface area contributed by atoms with Gasteiger partial charge in [0.05, 0.1) is 6.61 Å². The summed E-state index contributed by atoms with van der Waals surface area (Å²) in [4.78, 5) is 31.4. The lowest BCUT2D eigenvalue weighted by molar-refractivity contribution is -0.116. The van der Waals surface area contributed by atoms with Crippen LogP contribution in [0.1, 0.15) is 32.1 Å². The molecule has 0 radical (unpaired) electrons. The van der Waals surface area contributed by atoms with Crippen LogP contribution in [0.15, 0.2) is 48.8 Å². The average Bonchev–Trinajstić information content (AvgIpc) is 3.15. The third-order valence-electron chi connectivity index (χ3n) is 4.17. The Kier molecular flexibility index (Phi) is 6.69. The van der Waals surface area contributed by atoms with Gasteiger partial charge in [-0.05, 0) is 56.5 Å². The molecule has 2 heterocycles. The van der Waals surface area contributed by atoms with Crippen molar-refractivity contribution in [1.29, 1.82) is 0 Å². The number of hydrogen-bond donors (Lipinski definition) is 2. The maximum Gasteiger partial charge on any atom is 0.415 e. The topological polar surface area (TPSA) is 91.8 Å². The summed E-state index contributed by atoms with van der Waals surface area (Å²) in [6.07, 6.45) is 3.04. The second kappa shape index (κ2) is 9.23. The number of aliphatic hydroxyl groups excluding tert-OH is 1. The third kappa shape index (κ3) is 5.77. The second-order valence-electron chi connectivity index (χ2n) is 7.77. The molecule has 0 saturated carbocycles. The van der Waals surface area contributed by atoms with Crippen LogP contribution < -0.4 is 10.2 Å². The van der Waals surface area contributed by atoms with Gasteiger partial charge in [-0.15, -0.1) is 11.3 Å². The lowest BCUT2D eigenvalue weighted by Gasteiger charge is -2.26. The SMILES string of the molecule is CC(C)(C)OC(=O)N(CCC(=O)Nc1ccc2cnccc2c1)c1ccc(CO)s1. The van der Waals surface area contributed by atoms with Crippen molar-refractivity contribution in [3.63, 3.8) is 0 Å². The Morgan fingerprint density at radius 1 is 1.17 bits per heavy atom. The van der Waals surface area contributed by atoms with Crippen LogP contribution in [0.25, 0.3) is 10.8 Å². The van der Waals surface area contributed by atoms with Crippen molar-refractivity contribution in [1.82, 2.24) is 4.98 Å². The molecular weight excluding hydrogens is 402 g/mol. The van der Waals surface area contributed by atoms with Gasteiger partial charge in [0, 0.05) is 41.3 Å². The molecule has 30 heavy (non-hydrogen) atoms. The van der Waals surface area contributed by atoms with Gasteiger partial charge in [0.25, 0.3) is 0 Å². The van der Waals surface area contributed by atoms with Crippen LogP contribution in [-0.2, 0) is 16.1 Å². The van der Waals surface area contributed by atoms with E-state index in [-0.39, 0.29) is 25.5 Å². The number of nitrogens with zero attached hydrogens (tertiary/aromatic N) is 2. The number of nitrogens with one attached hydrogen (secondary N) is 1. The first-order chi connectivity index (χ1) is 14.2. The van der Waals surface area contributed by atoms with Crippen molar-refractivity contribution in [3.05, 3.63) is 53.7 Å². The predicted molar refractivity (Wildman–Crippen MR) is 119 cm³/mol. The summed E-state index contributed by atoms with van der Waals surface area (Å²) in [5.41, 5.74) is 0.0236. The van der Waals surface area contributed by atoms with Crippen molar-refractivity contribution in [3.8, 4) is 0 Å².